The minimum Gasteiger partial charge on any atom is -0.496 e. The second-order valence-electron chi connectivity index (χ2n) is 6.60. The van der Waals surface area contributed by atoms with Gasteiger partial charge in [0, 0.05) is 23.0 Å². The average Bonchev–Trinajstić information content (AvgIpc) is 2.75. The molecule has 9 nitrogen and oxygen atoms in total. The molecular formula is C22H24N4O5. The van der Waals surface area contributed by atoms with Gasteiger partial charge in [0.05, 0.1) is 42.5 Å². The lowest BCUT2D eigenvalue weighted by Gasteiger charge is -2.32. The topological polar surface area (TPSA) is 148 Å². The number of aromatic nitrogens is 1. The number of primary amides is 1. The minimum absolute atomic E-state index is 0.250. The highest BCUT2D eigenvalue weighted by atomic mass is 16.5. The maximum absolute atomic E-state index is 12.4. The molecule has 1 atom stereocenters. The largest absolute Gasteiger partial charge is 0.496 e. The Balaban J connectivity index is 0.00000107. The van der Waals surface area contributed by atoms with Crippen LogP contribution in [0.4, 0.5) is 5.69 Å². The second-order valence-corrected chi connectivity index (χ2v) is 6.60. The summed E-state index contributed by atoms with van der Waals surface area (Å²) >= 11 is 0. The maximum Gasteiger partial charge on any atom is 0.290 e. The summed E-state index contributed by atoms with van der Waals surface area (Å²) in [7, 11) is 1.53. The van der Waals surface area contributed by atoms with Gasteiger partial charge in [0.1, 0.15) is 5.75 Å². The number of rotatable bonds is 5. The van der Waals surface area contributed by atoms with E-state index in [2.05, 4.69) is 16.4 Å². The van der Waals surface area contributed by atoms with E-state index < -0.39 is 11.8 Å². The third-order valence-corrected chi connectivity index (χ3v) is 4.78. The van der Waals surface area contributed by atoms with E-state index in [-0.39, 0.29) is 6.47 Å². The number of carbonyl (C=O) groups is 2. The van der Waals surface area contributed by atoms with Gasteiger partial charge in [-0.1, -0.05) is 6.07 Å². The van der Waals surface area contributed by atoms with Crippen molar-refractivity contribution in [3.8, 4) is 17.7 Å². The van der Waals surface area contributed by atoms with Crippen LogP contribution in [0.15, 0.2) is 35.7 Å². The summed E-state index contributed by atoms with van der Waals surface area (Å²) in [6.45, 7) is 5.79. The van der Waals surface area contributed by atoms with Gasteiger partial charge in [-0.3, -0.25) is 9.59 Å². The Morgan fingerprint density at radius 1 is 1.42 bits per heavy atom. The highest BCUT2D eigenvalue weighted by Crippen LogP contribution is 2.48. The molecule has 0 spiro atoms. The Morgan fingerprint density at radius 3 is 2.65 bits per heavy atom. The van der Waals surface area contributed by atoms with E-state index in [1.807, 2.05) is 20.8 Å². The van der Waals surface area contributed by atoms with E-state index in [4.69, 9.17) is 25.1 Å². The summed E-state index contributed by atoms with van der Waals surface area (Å²) in [5, 5.41) is 19.4. The predicted molar refractivity (Wildman–Crippen MR) is 114 cm³/mol. The van der Waals surface area contributed by atoms with Gasteiger partial charge in [-0.25, -0.2) is 4.98 Å². The highest BCUT2D eigenvalue weighted by Gasteiger charge is 2.36. The fraction of sp³-hybridized carbons (Fsp3) is 0.273. The molecule has 9 heteroatoms. The summed E-state index contributed by atoms with van der Waals surface area (Å²) in [6, 6.07) is 7.22. The normalized spacial score (nSPS) is 14.2. The van der Waals surface area contributed by atoms with Crippen molar-refractivity contribution in [3.05, 3.63) is 57.9 Å². The number of anilines is 1. The van der Waals surface area contributed by atoms with Crippen LogP contribution in [0, 0.1) is 18.3 Å². The first kappa shape index (κ1) is 23.2. The van der Waals surface area contributed by atoms with Crippen LogP contribution in [0.5, 0.6) is 11.6 Å². The molecule has 1 aliphatic heterocycles. The zero-order valence-corrected chi connectivity index (χ0v) is 17.7. The van der Waals surface area contributed by atoms with E-state index in [0.717, 1.165) is 16.8 Å². The number of nitrogens with zero attached hydrogens (tertiary/aromatic N) is 2. The number of methoxy groups -OCH3 is 1. The van der Waals surface area contributed by atoms with Gasteiger partial charge in [0.2, 0.25) is 11.8 Å². The molecule has 0 unspecified atom stereocenters. The van der Waals surface area contributed by atoms with Gasteiger partial charge in [-0.05, 0) is 38.5 Å². The van der Waals surface area contributed by atoms with Gasteiger partial charge in [0.15, 0.2) is 0 Å². The zero-order valence-electron chi connectivity index (χ0n) is 17.7. The van der Waals surface area contributed by atoms with Gasteiger partial charge in [-0.2, -0.15) is 5.26 Å². The molecule has 2 heterocycles. The van der Waals surface area contributed by atoms with Crippen LogP contribution in [0.3, 0.4) is 0 Å². The lowest BCUT2D eigenvalue weighted by molar-refractivity contribution is -0.123. The van der Waals surface area contributed by atoms with Crippen molar-refractivity contribution < 1.29 is 24.2 Å². The molecule has 0 fully saturated rings. The summed E-state index contributed by atoms with van der Waals surface area (Å²) in [5.41, 5.74) is 10.5. The quantitative estimate of drug-likeness (QED) is 0.621. The monoisotopic (exact) mass is 424 g/mol. The van der Waals surface area contributed by atoms with E-state index >= 15 is 0 Å². The fourth-order valence-electron chi connectivity index (χ4n) is 3.57. The highest BCUT2D eigenvalue weighted by molar-refractivity contribution is 5.98. The molecule has 1 aliphatic rings. The number of nitriles is 1. The first-order valence-corrected chi connectivity index (χ1v) is 9.40. The number of hydrogen-bond acceptors (Lipinski definition) is 7. The molecule has 4 N–H and O–H groups in total. The molecule has 0 bridgehead atoms. The SMILES string of the molecule is CCOc1ncc(C)c2c1[C@H](c1ccc(C#N)cc1OC)C(C(N)=O)=C(C)N2.O=CO. The summed E-state index contributed by atoms with van der Waals surface area (Å²) in [4.78, 5) is 25.2. The number of fused-ring (bicyclic) bond motifs is 1. The number of ether oxygens (including phenoxy) is 2. The molecule has 1 amide bonds. The second kappa shape index (κ2) is 10.1. The van der Waals surface area contributed by atoms with Crippen LogP contribution in [-0.2, 0) is 9.59 Å². The molecule has 0 radical (unpaired) electrons. The molecule has 162 valence electrons. The van der Waals surface area contributed by atoms with Gasteiger partial charge in [-0.15, -0.1) is 0 Å². The van der Waals surface area contributed by atoms with E-state index in [1.54, 1.807) is 24.4 Å². The van der Waals surface area contributed by atoms with Crippen LogP contribution in [-0.4, -0.2) is 36.2 Å². The molecule has 3 rings (SSSR count). The van der Waals surface area contributed by atoms with Crippen molar-refractivity contribution >= 4 is 18.1 Å². The Labute approximate surface area is 180 Å². The Bertz CT molecular complexity index is 1070. The number of carboxylic acid groups (broad SMARTS) is 1. The number of nitrogens with two attached hydrogens (primary N) is 1. The van der Waals surface area contributed by atoms with Crippen molar-refractivity contribution in [1.82, 2.24) is 4.98 Å². The lowest BCUT2D eigenvalue weighted by Crippen LogP contribution is -2.28. The fourth-order valence-corrected chi connectivity index (χ4v) is 3.57. The predicted octanol–water partition coefficient (Wildman–Crippen LogP) is 2.69. The van der Waals surface area contributed by atoms with Crippen LogP contribution in [0.2, 0.25) is 0 Å². The van der Waals surface area contributed by atoms with Gasteiger partial charge >= 0.3 is 0 Å². The van der Waals surface area contributed by atoms with Crippen LogP contribution < -0.4 is 20.5 Å². The number of carbonyl (C=O) groups excluding carboxylic acids is 1. The van der Waals surface area contributed by atoms with Crippen molar-refractivity contribution in [2.75, 3.05) is 19.0 Å². The van der Waals surface area contributed by atoms with Crippen LogP contribution >= 0.6 is 0 Å². The molecule has 0 saturated carbocycles. The van der Waals surface area contributed by atoms with E-state index in [1.165, 1.54) is 7.11 Å². The van der Waals surface area contributed by atoms with Crippen LogP contribution in [0.1, 0.15) is 42.0 Å². The third-order valence-electron chi connectivity index (χ3n) is 4.78. The number of benzene rings is 1. The molecule has 0 saturated heterocycles. The molecule has 1 aromatic carbocycles. The Morgan fingerprint density at radius 2 is 2.10 bits per heavy atom. The number of allylic oxidation sites excluding steroid dienone is 1. The average molecular weight is 424 g/mol. The zero-order chi connectivity index (χ0) is 23.1. The Hall–Kier alpha value is -4.06. The molecule has 1 aromatic heterocycles. The molecule has 2 aromatic rings. The number of hydrogen-bond donors (Lipinski definition) is 3. The smallest absolute Gasteiger partial charge is 0.290 e. The van der Waals surface area contributed by atoms with Crippen molar-refractivity contribution in [1.29, 1.82) is 5.26 Å². The molecular weight excluding hydrogens is 400 g/mol. The number of nitrogens with one attached hydrogen (secondary N) is 1. The van der Waals surface area contributed by atoms with Gasteiger partial charge in [0.25, 0.3) is 6.47 Å². The van der Waals surface area contributed by atoms with E-state index in [9.17, 15) is 10.1 Å². The number of aryl methyl sites for hydroxylation is 1. The molecule has 31 heavy (non-hydrogen) atoms. The maximum atomic E-state index is 12.4. The van der Waals surface area contributed by atoms with Crippen molar-refractivity contribution in [3.63, 3.8) is 0 Å². The standard InChI is InChI=1S/C21H22N4O3.CH2O2/c1-5-28-21-18-17(14-7-6-13(9-22)8-15(14)27-4)16(20(23)26)12(3)25-19(18)11(2)10-24-21;2-1-3/h6-8,10,17,25H,5H2,1-4H3,(H2,23,26);1H,(H,2,3)/t17-;/m1./s1. The summed E-state index contributed by atoms with van der Waals surface area (Å²) in [6.07, 6.45) is 1.73. The third kappa shape index (κ3) is 4.59. The summed E-state index contributed by atoms with van der Waals surface area (Å²) < 4.78 is 11.3. The Kier molecular flexibility index (Phi) is 7.58. The molecule has 0 aliphatic carbocycles. The van der Waals surface area contributed by atoms with Gasteiger partial charge < -0.3 is 25.6 Å². The van der Waals surface area contributed by atoms with Crippen molar-refractivity contribution in [2.24, 2.45) is 5.73 Å². The van der Waals surface area contributed by atoms with Crippen molar-refractivity contribution in [2.45, 2.75) is 26.7 Å². The first-order chi connectivity index (χ1) is 14.8. The van der Waals surface area contributed by atoms with Crippen LogP contribution in [0.25, 0.3) is 0 Å². The minimum atomic E-state index is -0.545. The lowest BCUT2D eigenvalue weighted by atomic mass is 9.79. The number of amides is 1. The summed E-state index contributed by atoms with van der Waals surface area (Å²) in [5.74, 6) is -0.160. The van der Waals surface area contributed by atoms with E-state index in [0.29, 0.717) is 40.6 Å². The first-order valence-electron chi connectivity index (χ1n) is 9.40. The number of pyridine rings is 1.